The van der Waals surface area contributed by atoms with E-state index in [1.165, 1.54) is 12.1 Å². The lowest BCUT2D eigenvalue weighted by Crippen LogP contribution is -2.15. The molecule has 3 aromatic rings. The number of dihydropyridines is 1. The van der Waals surface area contributed by atoms with Crippen molar-refractivity contribution >= 4 is 45.3 Å². The van der Waals surface area contributed by atoms with Gasteiger partial charge in [-0.05, 0) is 48.2 Å². The highest BCUT2D eigenvalue weighted by atomic mass is 35.5. The molecule has 5 nitrogen and oxygen atoms in total. The van der Waals surface area contributed by atoms with Gasteiger partial charge in [-0.15, -0.1) is 0 Å². The highest BCUT2D eigenvalue weighted by molar-refractivity contribution is 6.32. The molecule has 160 valence electrons. The molecule has 32 heavy (non-hydrogen) atoms. The van der Waals surface area contributed by atoms with Crippen molar-refractivity contribution in [2.24, 2.45) is 9.98 Å². The van der Waals surface area contributed by atoms with Gasteiger partial charge >= 0.3 is 0 Å². The molecular weight excluding hydrogens is 425 g/mol. The zero-order valence-electron chi connectivity index (χ0n) is 18.0. The van der Waals surface area contributed by atoms with E-state index in [1.807, 2.05) is 32.0 Å². The molecule has 1 aliphatic rings. The summed E-state index contributed by atoms with van der Waals surface area (Å²) in [5.74, 6) is 0.780. The molecule has 2 aromatic heterocycles. The van der Waals surface area contributed by atoms with Crippen molar-refractivity contribution in [3.8, 4) is 0 Å². The Hall–Kier alpha value is -3.64. The molecule has 0 aliphatic carbocycles. The average Bonchev–Trinajstić information content (AvgIpc) is 2.79. The van der Waals surface area contributed by atoms with Gasteiger partial charge in [0.15, 0.2) is 5.84 Å². The van der Waals surface area contributed by atoms with Gasteiger partial charge in [0.1, 0.15) is 11.6 Å². The maximum absolute atomic E-state index is 14.7. The number of allylic oxidation sites excluding steroid dienone is 2. The minimum absolute atomic E-state index is 0.291. The number of rotatable bonds is 4. The van der Waals surface area contributed by atoms with Crippen LogP contribution in [0.1, 0.15) is 18.1 Å². The van der Waals surface area contributed by atoms with Gasteiger partial charge in [-0.3, -0.25) is 4.98 Å². The summed E-state index contributed by atoms with van der Waals surface area (Å²) in [6.45, 7) is 6.08. The predicted octanol–water partition coefficient (Wildman–Crippen LogP) is 5.86. The third-order valence-corrected chi connectivity index (χ3v) is 5.27. The summed E-state index contributed by atoms with van der Waals surface area (Å²) in [5.41, 5.74) is 2.91. The lowest BCUT2D eigenvalue weighted by Gasteiger charge is -2.21. The Morgan fingerprint density at radius 3 is 2.69 bits per heavy atom. The van der Waals surface area contributed by atoms with E-state index in [-0.39, 0.29) is 0 Å². The van der Waals surface area contributed by atoms with Crippen LogP contribution in [-0.2, 0) is 0 Å². The number of fused-ring (bicyclic) bond motifs is 1. The molecule has 0 fully saturated rings. The molecule has 0 saturated heterocycles. The molecule has 1 aliphatic heterocycles. The fourth-order valence-corrected chi connectivity index (χ4v) is 3.70. The molecule has 0 spiro atoms. The molecule has 0 amide bonds. The van der Waals surface area contributed by atoms with Crippen molar-refractivity contribution in [3.05, 3.63) is 95.3 Å². The normalized spacial score (nSPS) is 15.4. The van der Waals surface area contributed by atoms with Gasteiger partial charge in [-0.25, -0.2) is 19.4 Å². The predicted molar refractivity (Wildman–Crippen MR) is 131 cm³/mol. The molecule has 7 heteroatoms. The van der Waals surface area contributed by atoms with Crippen LogP contribution >= 0.6 is 11.6 Å². The fourth-order valence-electron chi connectivity index (χ4n) is 3.53. The van der Waals surface area contributed by atoms with Crippen LogP contribution in [0.2, 0.25) is 5.02 Å². The van der Waals surface area contributed by atoms with E-state index in [2.05, 4.69) is 26.5 Å². The zero-order chi connectivity index (χ0) is 22.8. The second kappa shape index (κ2) is 8.85. The molecule has 0 N–H and O–H groups in total. The van der Waals surface area contributed by atoms with E-state index in [9.17, 15) is 4.39 Å². The standard InChI is InChI=1S/C25H21ClFN5/c1-5-9-29-24-15(2)18(12-23(31-24)19-11-16(26)6-7-22(19)27)20-14-30-25(32(3)4)21-13-28-10-8-17(20)21/h5-14H,2H2,1,3-4H3/b9-5-,29-24+. The number of halogens is 2. The molecular formula is C25H21ClFN5. The van der Waals surface area contributed by atoms with Crippen LogP contribution in [0.15, 0.2) is 83.3 Å². The van der Waals surface area contributed by atoms with Crippen LogP contribution in [-0.4, -0.2) is 35.6 Å². The largest absolute Gasteiger partial charge is 0.362 e. The number of nitrogens with zero attached hydrogens (tertiary/aromatic N) is 5. The Morgan fingerprint density at radius 2 is 1.94 bits per heavy atom. The molecule has 3 heterocycles. The first kappa shape index (κ1) is 21.6. The van der Waals surface area contributed by atoms with Crippen molar-refractivity contribution in [2.75, 3.05) is 19.0 Å². The Morgan fingerprint density at radius 1 is 1.12 bits per heavy atom. The summed E-state index contributed by atoms with van der Waals surface area (Å²) >= 11 is 6.14. The number of hydrogen-bond acceptors (Lipinski definition) is 4. The van der Waals surface area contributed by atoms with Crippen molar-refractivity contribution in [1.29, 1.82) is 0 Å². The monoisotopic (exact) mass is 445 g/mol. The molecule has 0 radical (unpaired) electrons. The number of anilines is 1. The lowest BCUT2D eigenvalue weighted by atomic mass is 9.91. The molecule has 0 atom stereocenters. The second-order valence-corrected chi connectivity index (χ2v) is 7.84. The first-order chi connectivity index (χ1) is 15.4. The van der Waals surface area contributed by atoms with Crippen molar-refractivity contribution in [3.63, 3.8) is 0 Å². The van der Waals surface area contributed by atoms with Crippen LogP contribution in [0, 0.1) is 5.82 Å². The molecule has 4 rings (SSSR count). The van der Waals surface area contributed by atoms with Crippen LogP contribution in [0.25, 0.3) is 16.3 Å². The summed E-state index contributed by atoms with van der Waals surface area (Å²) in [6.07, 6.45) is 10.5. The average molecular weight is 446 g/mol. The number of aliphatic imine (C=N–C) groups is 2. The highest BCUT2D eigenvalue weighted by Crippen LogP contribution is 2.35. The van der Waals surface area contributed by atoms with E-state index < -0.39 is 5.82 Å². The first-order valence-corrected chi connectivity index (χ1v) is 10.3. The number of benzene rings is 1. The van der Waals surface area contributed by atoms with Crippen LogP contribution in [0.5, 0.6) is 0 Å². The number of hydrogen-bond donors (Lipinski definition) is 0. The van der Waals surface area contributed by atoms with E-state index in [0.29, 0.717) is 27.7 Å². The zero-order valence-corrected chi connectivity index (χ0v) is 18.7. The summed E-state index contributed by atoms with van der Waals surface area (Å²) in [5, 5.41) is 2.27. The maximum atomic E-state index is 14.7. The summed E-state index contributed by atoms with van der Waals surface area (Å²) in [6, 6.07) is 6.32. The van der Waals surface area contributed by atoms with Gasteiger partial charge in [0.2, 0.25) is 0 Å². The number of pyridine rings is 2. The molecule has 0 unspecified atom stereocenters. The van der Waals surface area contributed by atoms with Gasteiger partial charge in [0, 0.05) is 66.0 Å². The van der Waals surface area contributed by atoms with E-state index in [1.54, 1.807) is 43.0 Å². The first-order valence-electron chi connectivity index (χ1n) is 9.95. The maximum Gasteiger partial charge on any atom is 0.159 e. The van der Waals surface area contributed by atoms with E-state index in [4.69, 9.17) is 11.6 Å². The van der Waals surface area contributed by atoms with Gasteiger partial charge < -0.3 is 4.90 Å². The third-order valence-electron chi connectivity index (χ3n) is 5.03. The van der Waals surface area contributed by atoms with Crippen molar-refractivity contribution < 1.29 is 4.39 Å². The van der Waals surface area contributed by atoms with Crippen LogP contribution < -0.4 is 4.90 Å². The Balaban J connectivity index is 1.98. The number of aromatic nitrogens is 2. The van der Waals surface area contributed by atoms with E-state index >= 15 is 0 Å². The van der Waals surface area contributed by atoms with Gasteiger partial charge in [0.05, 0.1) is 5.71 Å². The minimum Gasteiger partial charge on any atom is -0.362 e. The summed E-state index contributed by atoms with van der Waals surface area (Å²) in [7, 11) is 3.86. The third kappa shape index (κ3) is 3.97. The smallest absolute Gasteiger partial charge is 0.159 e. The Kier molecular flexibility index (Phi) is 5.97. The molecule has 1 aromatic carbocycles. The van der Waals surface area contributed by atoms with Crippen LogP contribution in [0.3, 0.4) is 0 Å². The second-order valence-electron chi connectivity index (χ2n) is 7.40. The summed E-state index contributed by atoms with van der Waals surface area (Å²) in [4.78, 5) is 19.9. The topological polar surface area (TPSA) is 53.7 Å². The van der Waals surface area contributed by atoms with Crippen LogP contribution in [0.4, 0.5) is 10.2 Å². The van der Waals surface area contributed by atoms with Crippen molar-refractivity contribution in [2.45, 2.75) is 6.92 Å². The summed E-state index contributed by atoms with van der Waals surface area (Å²) < 4.78 is 14.7. The molecule has 0 saturated carbocycles. The minimum atomic E-state index is -0.420. The Labute approximate surface area is 191 Å². The van der Waals surface area contributed by atoms with Gasteiger partial charge in [-0.2, -0.15) is 0 Å². The quantitative estimate of drug-likeness (QED) is 0.505. The highest BCUT2D eigenvalue weighted by Gasteiger charge is 2.23. The van der Waals surface area contributed by atoms with Crippen molar-refractivity contribution in [1.82, 2.24) is 9.97 Å². The molecule has 0 bridgehead atoms. The number of amidine groups is 1. The van der Waals surface area contributed by atoms with Gasteiger partial charge in [-0.1, -0.05) is 24.3 Å². The van der Waals surface area contributed by atoms with E-state index in [0.717, 1.165) is 27.7 Å². The van der Waals surface area contributed by atoms with Gasteiger partial charge in [0.25, 0.3) is 0 Å². The SMILES string of the molecule is C=C1C(c2cnc(N(C)C)c3cnccc23)=CC(c2cc(Cl)ccc2F)=N/C1=N/C=C\C. The lowest BCUT2D eigenvalue weighted by molar-refractivity contribution is 0.625. The Bertz CT molecular complexity index is 1350. The fraction of sp³-hybridized carbons (Fsp3) is 0.120.